The van der Waals surface area contributed by atoms with Gasteiger partial charge < -0.3 is 10.4 Å². The normalized spacial score (nSPS) is 15.1. The molecule has 0 aliphatic heterocycles. The predicted molar refractivity (Wildman–Crippen MR) is 52.3 cm³/mol. The molecule has 2 unspecified atom stereocenters. The van der Waals surface area contributed by atoms with Gasteiger partial charge in [-0.2, -0.15) is 0 Å². The molecular weight excluding hydrogens is 183 g/mol. The van der Waals surface area contributed by atoms with Crippen molar-refractivity contribution in [2.75, 3.05) is 6.54 Å². The van der Waals surface area contributed by atoms with Crippen LogP contribution in [-0.2, 0) is 0 Å². The number of aliphatic hydroxyl groups excluding tert-OH is 1. The van der Waals surface area contributed by atoms with E-state index in [-0.39, 0.29) is 11.9 Å². The van der Waals surface area contributed by atoms with Crippen LogP contribution in [-0.4, -0.2) is 22.7 Å². The van der Waals surface area contributed by atoms with Crippen molar-refractivity contribution >= 4 is 0 Å². The Balaban J connectivity index is 2.56. The molecule has 0 fully saturated rings. The summed E-state index contributed by atoms with van der Waals surface area (Å²) in [4.78, 5) is 3.75. The van der Waals surface area contributed by atoms with E-state index in [1.54, 1.807) is 13.1 Å². The van der Waals surface area contributed by atoms with Crippen LogP contribution in [0.25, 0.3) is 0 Å². The summed E-state index contributed by atoms with van der Waals surface area (Å²) in [6, 6.07) is 1.43. The Morgan fingerprint density at radius 1 is 1.50 bits per heavy atom. The Bertz CT molecular complexity index is 291. The summed E-state index contributed by atoms with van der Waals surface area (Å²) >= 11 is 0. The standard InChI is InChI=1S/C10H15FN2O/c1-7(14)4-13-8(2)9-3-10(11)6-12-5-9/h3,5-8,13-14H,4H2,1-2H3. The lowest BCUT2D eigenvalue weighted by Gasteiger charge is -2.14. The first kappa shape index (κ1) is 11.1. The molecule has 3 nitrogen and oxygen atoms in total. The van der Waals surface area contributed by atoms with E-state index in [1.165, 1.54) is 12.3 Å². The second kappa shape index (κ2) is 5.02. The number of hydrogen-bond acceptors (Lipinski definition) is 3. The van der Waals surface area contributed by atoms with Gasteiger partial charge in [0.2, 0.25) is 0 Å². The zero-order valence-electron chi connectivity index (χ0n) is 8.37. The van der Waals surface area contributed by atoms with Crippen molar-refractivity contribution in [1.29, 1.82) is 0 Å². The SMILES string of the molecule is CC(O)CNC(C)c1cncc(F)c1. The van der Waals surface area contributed by atoms with Crippen LogP contribution in [0.4, 0.5) is 4.39 Å². The molecule has 0 saturated carbocycles. The second-order valence-corrected chi connectivity index (χ2v) is 3.42. The number of halogens is 1. The highest BCUT2D eigenvalue weighted by Gasteiger charge is 2.06. The summed E-state index contributed by atoms with van der Waals surface area (Å²) < 4.78 is 12.8. The minimum absolute atomic E-state index is 0.00667. The van der Waals surface area contributed by atoms with Gasteiger partial charge in [0, 0.05) is 18.8 Å². The van der Waals surface area contributed by atoms with Crippen molar-refractivity contribution in [2.45, 2.75) is 26.0 Å². The smallest absolute Gasteiger partial charge is 0.141 e. The summed E-state index contributed by atoms with van der Waals surface area (Å²) in [6.45, 7) is 4.08. The summed E-state index contributed by atoms with van der Waals surface area (Å²) in [5.74, 6) is -0.340. The molecule has 78 valence electrons. The molecule has 0 radical (unpaired) electrons. The van der Waals surface area contributed by atoms with Crippen molar-refractivity contribution in [2.24, 2.45) is 0 Å². The van der Waals surface area contributed by atoms with Gasteiger partial charge in [0.15, 0.2) is 0 Å². The van der Waals surface area contributed by atoms with E-state index in [2.05, 4.69) is 10.3 Å². The number of aliphatic hydroxyl groups is 1. The van der Waals surface area contributed by atoms with Gasteiger partial charge >= 0.3 is 0 Å². The van der Waals surface area contributed by atoms with Crippen LogP contribution < -0.4 is 5.32 Å². The van der Waals surface area contributed by atoms with Crippen molar-refractivity contribution in [1.82, 2.24) is 10.3 Å². The van der Waals surface area contributed by atoms with Crippen molar-refractivity contribution in [3.05, 3.63) is 29.8 Å². The third-order valence-corrected chi connectivity index (χ3v) is 1.95. The Labute approximate surface area is 83.0 Å². The van der Waals surface area contributed by atoms with Gasteiger partial charge in [-0.05, 0) is 25.5 Å². The molecule has 1 aromatic heterocycles. The topological polar surface area (TPSA) is 45.1 Å². The van der Waals surface area contributed by atoms with E-state index in [9.17, 15) is 4.39 Å². The highest BCUT2D eigenvalue weighted by atomic mass is 19.1. The molecule has 1 rings (SSSR count). The summed E-state index contributed by atoms with van der Waals surface area (Å²) in [5, 5.41) is 12.1. The van der Waals surface area contributed by atoms with Crippen LogP contribution in [0.3, 0.4) is 0 Å². The van der Waals surface area contributed by atoms with Crippen LogP contribution in [0, 0.1) is 5.82 Å². The zero-order chi connectivity index (χ0) is 10.6. The maximum absolute atomic E-state index is 12.8. The van der Waals surface area contributed by atoms with E-state index < -0.39 is 6.10 Å². The maximum atomic E-state index is 12.8. The van der Waals surface area contributed by atoms with Gasteiger partial charge in [0.1, 0.15) is 5.82 Å². The highest BCUT2D eigenvalue weighted by molar-refractivity contribution is 5.14. The monoisotopic (exact) mass is 198 g/mol. The molecule has 2 atom stereocenters. The molecule has 0 spiro atoms. The van der Waals surface area contributed by atoms with Gasteiger partial charge in [0.05, 0.1) is 12.3 Å². The summed E-state index contributed by atoms with van der Waals surface area (Å²) in [7, 11) is 0. The molecule has 1 aromatic rings. The summed E-state index contributed by atoms with van der Waals surface area (Å²) in [5.41, 5.74) is 0.783. The Morgan fingerprint density at radius 3 is 2.79 bits per heavy atom. The molecule has 0 aromatic carbocycles. The number of pyridine rings is 1. The number of rotatable bonds is 4. The van der Waals surface area contributed by atoms with Crippen molar-refractivity contribution < 1.29 is 9.50 Å². The first-order valence-electron chi connectivity index (χ1n) is 4.61. The number of aromatic nitrogens is 1. The zero-order valence-corrected chi connectivity index (χ0v) is 8.37. The van der Waals surface area contributed by atoms with Crippen molar-refractivity contribution in [3.63, 3.8) is 0 Å². The van der Waals surface area contributed by atoms with Gasteiger partial charge in [-0.25, -0.2) is 4.39 Å². The molecule has 0 amide bonds. The molecule has 14 heavy (non-hydrogen) atoms. The molecule has 2 N–H and O–H groups in total. The van der Waals surface area contributed by atoms with Crippen molar-refractivity contribution in [3.8, 4) is 0 Å². The van der Waals surface area contributed by atoms with Crippen LogP contribution in [0.15, 0.2) is 18.5 Å². The molecule has 1 heterocycles. The molecule has 0 aliphatic rings. The van der Waals surface area contributed by atoms with Crippen LogP contribution in [0.5, 0.6) is 0 Å². The number of nitrogens with one attached hydrogen (secondary N) is 1. The quantitative estimate of drug-likeness (QED) is 0.765. The molecule has 0 aliphatic carbocycles. The average molecular weight is 198 g/mol. The fraction of sp³-hybridized carbons (Fsp3) is 0.500. The van der Waals surface area contributed by atoms with E-state index in [0.29, 0.717) is 6.54 Å². The third kappa shape index (κ3) is 3.40. The highest BCUT2D eigenvalue weighted by Crippen LogP contribution is 2.11. The molecule has 0 bridgehead atoms. The van der Waals surface area contributed by atoms with Gasteiger partial charge in [0.25, 0.3) is 0 Å². The molecular formula is C10H15FN2O. The Hall–Kier alpha value is -1.00. The molecule has 4 heteroatoms. The first-order chi connectivity index (χ1) is 6.59. The average Bonchev–Trinajstić information content (AvgIpc) is 2.14. The van der Waals surface area contributed by atoms with Crippen LogP contribution in [0.2, 0.25) is 0 Å². The lowest BCUT2D eigenvalue weighted by Crippen LogP contribution is -2.27. The lowest BCUT2D eigenvalue weighted by molar-refractivity contribution is 0.187. The Kier molecular flexibility index (Phi) is 3.98. The number of hydrogen-bond donors (Lipinski definition) is 2. The van der Waals surface area contributed by atoms with Crippen LogP contribution >= 0.6 is 0 Å². The van der Waals surface area contributed by atoms with E-state index in [4.69, 9.17) is 5.11 Å². The lowest BCUT2D eigenvalue weighted by atomic mass is 10.1. The van der Waals surface area contributed by atoms with E-state index >= 15 is 0 Å². The fourth-order valence-electron chi connectivity index (χ4n) is 1.13. The van der Waals surface area contributed by atoms with E-state index in [1.807, 2.05) is 6.92 Å². The first-order valence-corrected chi connectivity index (χ1v) is 4.61. The maximum Gasteiger partial charge on any atom is 0.141 e. The minimum Gasteiger partial charge on any atom is -0.392 e. The third-order valence-electron chi connectivity index (χ3n) is 1.95. The predicted octanol–water partition coefficient (Wildman–Crippen LogP) is 1.25. The minimum atomic E-state index is -0.404. The fourth-order valence-corrected chi connectivity index (χ4v) is 1.13. The van der Waals surface area contributed by atoms with Gasteiger partial charge in [-0.1, -0.05) is 0 Å². The summed E-state index contributed by atoms with van der Waals surface area (Å²) in [6.07, 6.45) is 2.38. The molecule has 0 saturated heterocycles. The largest absolute Gasteiger partial charge is 0.392 e. The van der Waals surface area contributed by atoms with Gasteiger partial charge in [-0.3, -0.25) is 4.98 Å². The Morgan fingerprint density at radius 2 is 2.21 bits per heavy atom. The van der Waals surface area contributed by atoms with E-state index in [0.717, 1.165) is 5.56 Å². The van der Waals surface area contributed by atoms with Crippen LogP contribution in [0.1, 0.15) is 25.5 Å². The number of nitrogens with zero attached hydrogens (tertiary/aromatic N) is 1. The van der Waals surface area contributed by atoms with Gasteiger partial charge in [-0.15, -0.1) is 0 Å². The second-order valence-electron chi connectivity index (χ2n) is 3.42.